The van der Waals surface area contributed by atoms with E-state index in [-0.39, 0.29) is 17.5 Å². The number of hydrazone groups is 1. The number of carbonyl (C=O) groups is 1. The van der Waals surface area contributed by atoms with Crippen LogP contribution in [0.2, 0.25) is 0 Å². The lowest BCUT2D eigenvalue weighted by atomic mass is 9.90. The lowest BCUT2D eigenvalue weighted by molar-refractivity contribution is -0.118. The summed E-state index contributed by atoms with van der Waals surface area (Å²) in [6.45, 7) is 2.24. The van der Waals surface area contributed by atoms with Crippen molar-refractivity contribution in [3.05, 3.63) is 30.1 Å². The van der Waals surface area contributed by atoms with E-state index in [1.54, 1.807) is 18.2 Å². The Hall–Kier alpha value is -1.36. The number of rotatable bonds is 4. The van der Waals surface area contributed by atoms with Crippen molar-refractivity contribution in [2.45, 2.75) is 37.5 Å². The zero-order valence-corrected chi connectivity index (χ0v) is 12.4. The number of carbonyl (C=O) groups excluding carboxylic acids is 1. The molecule has 3 nitrogen and oxygen atoms in total. The van der Waals surface area contributed by atoms with Gasteiger partial charge in [0.25, 0.3) is 0 Å². The Morgan fingerprint density at radius 3 is 2.80 bits per heavy atom. The fourth-order valence-electron chi connectivity index (χ4n) is 2.09. The lowest BCUT2D eigenvalue weighted by Gasteiger charge is -2.18. The molecule has 0 atom stereocenters. The molecule has 2 rings (SSSR count). The van der Waals surface area contributed by atoms with E-state index in [2.05, 4.69) is 17.5 Å². The Balaban J connectivity index is 1.76. The first kappa shape index (κ1) is 15.0. The van der Waals surface area contributed by atoms with Crippen molar-refractivity contribution in [3.8, 4) is 0 Å². The smallest absolute Gasteiger partial charge is 0.250 e. The lowest BCUT2D eigenvalue weighted by Crippen LogP contribution is -2.23. The molecule has 0 bridgehead atoms. The Kier molecular flexibility index (Phi) is 5.59. The number of nitrogens with zero attached hydrogens (tertiary/aromatic N) is 1. The minimum atomic E-state index is -0.294. The first-order valence-electron chi connectivity index (χ1n) is 6.86. The third kappa shape index (κ3) is 4.63. The molecule has 108 valence electrons. The van der Waals surface area contributed by atoms with E-state index in [1.807, 2.05) is 0 Å². The van der Waals surface area contributed by atoms with Crippen LogP contribution >= 0.6 is 11.8 Å². The zero-order valence-electron chi connectivity index (χ0n) is 11.6. The molecule has 1 aliphatic rings. The van der Waals surface area contributed by atoms with E-state index in [0.29, 0.717) is 4.90 Å². The predicted octanol–water partition coefficient (Wildman–Crippen LogP) is 3.60. The van der Waals surface area contributed by atoms with Crippen molar-refractivity contribution in [2.75, 3.05) is 5.75 Å². The highest BCUT2D eigenvalue weighted by Gasteiger charge is 2.13. The molecule has 0 spiro atoms. The summed E-state index contributed by atoms with van der Waals surface area (Å²) in [6, 6.07) is 6.45. The van der Waals surface area contributed by atoms with Gasteiger partial charge in [-0.25, -0.2) is 9.82 Å². The van der Waals surface area contributed by atoms with Gasteiger partial charge in [-0.3, -0.25) is 4.79 Å². The molecule has 1 aromatic rings. The average Bonchev–Trinajstić information content (AvgIpc) is 2.46. The van der Waals surface area contributed by atoms with Crippen LogP contribution in [0.15, 0.2) is 34.3 Å². The Morgan fingerprint density at radius 2 is 2.10 bits per heavy atom. The van der Waals surface area contributed by atoms with Crippen LogP contribution in [0.5, 0.6) is 0 Å². The molecular formula is C15H19FN2OS. The normalized spacial score (nSPS) is 18.7. The second-order valence-corrected chi connectivity index (χ2v) is 6.13. The van der Waals surface area contributed by atoms with Crippen LogP contribution in [-0.4, -0.2) is 17.4 Å². The molecular weight excluding hydrogens is 275 g/mol. The van der Waals surface area contributed by atoms with Gasteiger partial charge in [-0.15, -0.1) is 11.8 Å². The van der Waals surface area contributed by atoms with Crippen LogP contribution < -0.4 is 5.43 Å². The van der Waals surface area contributed by atoms with Gasteiger partial charge in [0, 0.05) is 10.6 Å². The van der Waals surface area contributed by atoms with E-state index in [0.717, 1.165) is 37.3 Å². The SMILES string of the molecule is CC1CCC(=NNC(=O)CSc2ccccc2F)CC1. The predicted molar refractivity (Wildman–Crippen MR) is 80.3 cm³/mol. The topological polar surface area (TPSA) is 41.5 Å². The monoisotopic (exact) mass is 294 g/mol. The fourth-order valence-corrected chi connectivity index (χ4v) is 2.82. The third-order valence-corrected chi connectivity index (χ3v) is 4.43. The van der Waals surface area contributed by atoms with Crippen LogP contribution in [0, 0.1) is 11.7 Å². The highest BCUT2D eigenvalue weighted by Crippen LogP contribution is 2.22. The molecule has 5 heteroatoms. The number of benzene rings is 1. The molecule has 20 heavy (non-hydrogen) atoms. The number of amides is 1. The van der Waals surface area contributed by atoms with Crippen LogP contribution in [0.4, 0.5) is 4.39 Å². The minimum absolute atomic E-state index is 0.175. The van der Waals surface area contributed by atoms with Gasteiger partial charge in [0.2, 0.25) is 5.91 Å². The molecule has 1 amide bonds. The molecule has 1 N–H and O–H groups in total. The largest absolute Gasteiger partial charge is 0.272 e. The van der Waals surface area contributed by atoms with Crippen molar-refractivity contribution < 1.29 is 9.18 Å². The minimum Gasteiger partial charge on any atom is -0.272 e. The first-order valence-corrected chi connectivity index (χ1v) is 7.85. The Labute approximate surface area is 123 Å². The maximum absolute atomic E-state index is 13.4. The van der Waals surface area contributed by atoms with E-state index in [9.17, 15) is 9.18 Å². The summed E-state index contributed by atoms with van der Waals surface area (Å²) in [5, 5.41) is 4.16. The second kappa shape index (κ2) is 7.43. The van der Waals surface area contributed by atoms with Crippen LogP contribution in [0.25, 0.3) is 0 Å². The van der Waals surface area contributed by atoms with Crippen LogP contribution in [0.1, 0.15) is 32.6 Å². The molecule has 1 fully saturated rings. The fraction of sp³-hybridized carbons (Fsp3) is 0.467. The van der Waals surface area contributed by atoms with Gasteiger partial charge in [0.1, 0.15) is 5.82 Å². The Morgan fingerprint density at radius 1 is 1.40 bits per heavy atom. The summed E-state index contributed by atoms with van der Waals surface area (Å²) in [5.74, 6) is 0.442. The van der Waals surface area contributed by atoms with E-state index in [1.165, 1.54) is 17.8 Å². The van der Waals surface area contributed by atoms with E-state index >= 15 is 0 Å². The molecule has 0 unspecified atom stereocenters. The van der Waals surface area contributed by atoms with Gasteiger partial charge in [-0.05, 0) is 43.7 Å². The maximum Gasteiger partial charge on any atom is 0.250 e. The van der Waals surface area contributed by atoms with Crippen molar-refractivity contribution in [1.82, 2.24) is 5.43 Å². The van der Waals surface area contributed by atoms with Crippen molar-refractivity contribution in [3.63, 3.8) is 0 Å². The van der Waals surface area contributed by atoms with Gasteiger partial charge in [-0.1, -0.05) is 19.1 Å². The zero-order chi connectivity index (χ0) is 14.4. The third-order valence-electron chi connectivity index (χ3n) is 3.39. The van der Waals surface area contributed by atoms with Crippen LogP contribution in [0.3, 0.4) is 0 Å². The molecule has 0 saturated heterocycles. The standard InChI is InChI=1S/C15H19FN2OS/c1-11-6-8-12(9-7-11)17-18-15(19)10-20-14-5-3-2-4-13(14)16/h2-5,11H,6-10H2,1H3,(H,18,19). The summed E-state index contributed by atoms with van der Waals surface area (Å²) in [6.07, 6.45) is 4.20. The molecule has 0 radical (unpaired) electrons. The molecule has 0 aliphatic heterocycles. The highest BCUT2D eigenvalue weighted by atomic mass is 32.2. The molecule has 0 heterocycles. The van der Waals surface area contributed by atoms with Crippen molar-refractivity contribution in [2.24, 2.45) is 11.0 Å². The Bertz CT molecular complexity index is 494. The van der Waals surface area contributed by atoms with Gasteiger partial charge < -0.3 is 0 Å². The number of halogens is 1. The highest BCUT2D eigenvalue weighted by molar-refractivity contribution is 8.00. The van der Waals surface area contributed by atoms with E-state index < -0.39 is 0 Å². The molecule has 1 aromatic carbocycles. The molecule has 1 aliphatic carbocycles. The first-order chi connectivity index (χ1) is 9.65. The number of nitrogens with one attached hydrogen (secondary N) is 1. The summed E-state index contributed by atoms with van der Waals surface area (Å²) in [5.41, 5.74) is 3.63. The van der Waals surface area contributed by atoms with Gasteiger partial charge in [0.15, 0.2) is 0 Å². The quantitative estimate of drug-likeness (QED) is 0.681. The molecule has 1 saturated carbocycles. The van der Waals surface area contributed by atoms with Gasteiger partial charge in [0.05, 0.1) is 5.75 Å². The van der Waals surface area contributed by atoms with Gasteiger partial charge >= 0.3 is 0 Å². The maximum atomic E-state index is 13.4. The number of hydrogen-bond acceptors (Lipinski definition) is 3. The summed E-state index contributed by atoms with van der Waals surface area (Å²) in [7, 11) is 0. The van der Waals surface area contributed by atoms with E-state index in [4.69, 9.17) is 0 Å². The summed E-state index contributed by atoms with van der Waals surface area (Å²) >= 11 is 1.19. The average molecular weight is 294 g/mol. The summed E-state index contributed by atoms with van der Waals surface area (Å²) < 4.78 is 13.4. The number of thioether (sulfide) groups is 1. The van der Waals surface area contributed by atoms with Gasteiger partial charge in [-0.2, -0.15) is 5.10 Å². The van der Waals surface area contributed by atoms with Crippen LogP contribution in [-0.2, 0) is 4.79 Å². The van der Waals surface area contributed by atoms with Crippen molar-refractivity contribution >= 4 is 23.4 Å². The number of hydrogen-bond donors (Lipinski definition) is 1. The van der Waals surface area contributed by atoms with Crippen molar-refractivity contribution in [1.29, 1.82) is 0 Å². The second-order valence-electron chi connectivity index (χ2n) is 5.11. The molecule has 0 aromatic heterocycles. The summed E-state index contributed by atoms with van der Waals surface area (Å²) in [4.78, 5) is 12.2.